The van der Waals surface area contributed by atoms with Crippen molar-refractivity contribution in [1.82, 2.24) is 10.2 Å². The summed E-state index contributed by atoms with van der Waals surface area (Å²) in [6, 6.07) is 0. The summed E-state index contributed by atoms with van der Waals surface area (Å²) >= 11 is 1.83. The molecule has 124 valence electrons. The Morgan fingerprint density at radius 2 is 2.09 bits per heavy atom. The van der Waals surface area contributed by atoms with Crippen LogP contribution in [0.5, 0.6) is 0 Å². The quantitative estimate of drug-likeness (QED) is 0.597. The first-order valence-electron chi connectivity index (χ1n) is 8.67. The number of hydrogen-bond acceptors (Lipinski definition) is 4. The van der Waals surface area contributed by atoms with E-state index < -0.39 is 5.60 Å². The molecule has 22 heavy (non-hydrogen) atoms. The van der Waals surface area contributed by atoms with Crippen molar-refractivity contribution < 1.29 is 9.84 Å². The predicted octanol–water partition coefficient (Wildman–Crippen LogP) is 0.929. The molecule has 0 saturated carbocycles. The second kappa shape index (κ2) is 5.87. The summed E-state index contributed by atoms with van der Waals surface area (Å²) in [5, 5.41) is 13.9. The van der Waals surface area contributed by atoms with Crippen LogP contribution in [0.3, 0.4) is 0 Å². The van der Waals surface area contributed by atoms with E-state index in [2.05, 4.69) is 17.1 Å². The molecule has 4 aliphatic heterocycles. The Hall–Kier alpha value is -0.460. The number of nitrogens with one attached hydrogen (secondary N) is 1. The van der Waals surface area contributed by atoms with Gasteiger partial charge in [0.25, 0.3) is 0 Å². The molecule has 0 radical (unpaired) electrons. The van der Waals surface area contributed by atoms with Crippen molar-refractivity contribution in [3.05, 3.63) is 0 Å². The van der Waals surface area contributed by atoms with Crippen molar-refractivity contribution >= 4 is 17.7 Å². The van der Waals surface area contributed by atoms with Crippen molar-refractivity contribution in [3.8, 4) is 0 Å². The van der Waals surface area contributed by atoms with Gasteiger partial charge in [-0.1, -0.05) is 0 Å². The molecule has 0 aliphatic carbocycles. The lowest BCUT2D eigenvalue weighted by atomic mass is 9.82. The Bertz CT molecular complexity index is 435. The van der Waals surface area contributed by atoms with Gasteiger partial charge in [0.2, 0.25) is 0 Å². The van der Waals surface area contributed by atoms with Gasteiger partial charge >= 0.3 is 0 Å². The molecule has 4 aliphatic rings. The van der Waals surface area contributed by atoms with Crippen LogP contribution in [0.15, 0.2) is 4.99 Å². The van der Waals surface area contributed by atoms with Crippen molar-refractivity contribution in [1.29, 1.82) is 0 Å². The van der Waals surface area contributed by atoms with E-state index in [0.29, 0.717) is 30.6 Å². The van der Waals surface area contributed by atoms with Gasteiger partial charge in [-0.25, -0.2) is 0 Å². The van der Waals surface area contributed by atoms with Gasteiger partial charge in [0.15, 0.2) is 5.96 Å². The molecule has 0 spiro atoms. The largest absolute Gasteiger partial charge is 0.387 e. The van der Waals surface area contributed by atoms with Crippen LogP contribution in [0.4, 0.5) is 0 Å². The summed E-state index contributed by atoms with van der Waals surface area (Å²) in [6.07, 6.45) is 4.31. The number of likely N-dealkylation sites (tertiary alicyclic amines) is 1. The lowest BCUT2D eigenvalue weighted by Gasteiger charge is -2.25. The Labute approximate surface area is 136 Å². The fourth-order valence-electron chi connectivity index (χ4n) is 4.50. The van der Waals surface area contributed by atoms with E-state index in [0.717, 1.165) is 43.5 Å². The van der Waals surface area contributed by atoms with Crippen LogP contribution < -0.4 is 5.32 Å². The van der Waals surface area contributed by atoms with Crippen LogP contribution in [0.25, 0.3) is 0 Å². The third-order valence-corrected chi connectivity index (χ3v) is 6.93. The number of rotatable bonds is 3. The molecule has 5 nitrogen and oxygen atoms in total. The van der Waals surface area contributed by atoms with Crippen LogP contribution in [0.1, 0.15) is 26.2 Å². The van der Waals surface area contributed by atoms with E-state index in [1.165, 1.54) is 12.8 Å². The highest BCUT2D eigenvalue weighted by Crippen LogP contribution is 2.47. The predicted molar refractivity (Wildman–Crippen MR) is 89.3 cm³/mol. The highest BCUT2D eigenvalue weighted by Gasteiger charge is 2.53. The van der Waals surface area contributed by atoms with Crippen molar-refractivity contribution in [2.45, 2.75) is 44.0 Å². The van der Waals surface area contributed by atoms with Crippen LogP contribution in [0.2, 0.25) is 0 Å². The number of fused-ring (bicyclic) bond motifs is 5. The number of aliphatic imine (C=N–C) groups is 1. The zero-order valence-electron chi connectivity index (χ0n) is 13.3. The molecule has 5 atom stereocenters. The molecule has 4 saturated heterocycles. The van der Waals surface area contributed by atoms with Crippen molar-refractivity contribution in [2.75, 3.05) is 37.7 Å². The van der Waals surface area contributed by atoms with Gasteiger partial charge < -0.3 is 20.1 Å². The van der Waals surface area contributed by atoms with E-state index in [9.17, 15) is 5.11 Å². The van der Waals surface area contributed by atoms with Gasteiger partial charge in [-0.3, -0.25) is 4.99 Å². The zero-order chi connectivity index (χ0) is 15.2. The molecule has 4 rings (SSSR count). The summed E-state index contributed by atoms with van der Waals surface area (Å²) in [7, 11) is 0. The first-order chi connectivity index (χ1) is 10.7. The molecule has 5 unspecified atom stereocenters. The van der Waals surface area contributed by atoms with E-state index in [1.54, 1.807) is 0 Å². The Kier molecular flexibility index (Phi) is 4.03. The van der Waals surface area contributed by atoms with Gasteiger partial charge in [0.1, 0.15) is 0 Å². The second-order valence-corrected chi connectivity index (χ2v) is 8.33. The first kappa shape index (κ1) is 15.1. The molecule has 2 bridgehead atoms. The normalized spacial score (nSPS) is 43.9. The number of thioether (sulfide) groups is 1. The lowest BCUT2D eigenvalue weighted by Crippen LogP contribution is -2.43. The smallest absolute Gasteiger partial charge is 0.194 e. The van der Waals surface area contributed by atoms with Gasteiger partial charge in [-0.2, -0.15) is 11.8 Å². The fraction of sp³-hybridized carbons (Fsp3) is 0.938. The Morgan fingerprint density at radius 3 is 2.68 bits per heavy atom. The zero-order valence-corrected chi connectivity index (χ0v) is 14.1. The third-order valence-electron chi connectivity index (χ3n) is 5.69. The highest BCUT2D eigenvalue weighted by atomic mass is 32.2. The molecular weight excluding hydrogens is 298 g/mol. The van der Waals surface area contributed by atoms with Gasteiger partial charge in [0.05, 0.1) is 24.4 Å². The molecule has 0 amide bonds. The van der Waals surface area contributed by atoms with Gasteiger partial charge in [-0.05, 0) is 31.9 Å². The highest BCUT2D eigenvalue weighted by molar-refractivity contribution is 7.99. The minimum atomic E-state index is -0.594. The molecular formula is C16H27N3O2S. The average molecular weight is 325 g/mol. The number of nitrogens with zero attached hydrogens (tertiary/aromatic N) is 2. The minimum Gasteiger partial charge on any atom is -0.387 e. The van der Waals surface area contributed by atoms with Crippen LogP contribution >= 0.6 is 11.8 Å². The number of aliphatic hydroxyl groups is 1. The maximum atomic E-state index is 10.5. The topological polar surface area (TPSA) is 57.1 Å². The van der Waals surface area contributed by atoms with E-state index in [-0.39, 0.29) is 0 Å². The number of ether oxygens (including phenoxy) is 1. The van der Waals surface area contributed by atoms with E-state index >= 15 is 0 Å². The van der Waals surface area contributed by atoms with Crippen molar-refractivity contribution in [2.24, 2.45) is 16.8 Å². The Balaban J connectivity index is 1.44. The molecule has 0 aromatic rings. The lowest BCUT2D eigenvalue weighted by molar-refractivity contribution is 0.0743. The molecule has 4 heterocycles. The standard InChI is InChI=1S/C16H27N3O2S/c1-2-17-15(18-9-16(20)5-6-22-10-16)19-7-11-12(8-19)14-4-3-13(11)21-14/h11-14,20H,2-10H2,1H3,(H,17,18). The number of guanidine groups is 1. The Morgan fingerprint density at radius 1 is 1.36 bits per heavy atom. The van der Waals surface area contributed by atoms with Crippen molar-refractivity contribution in [3.63, 3.8) is 0 Å². The minimum absolute atomic E-state index is 0.485. The molecule has 0 aromatic heterocycles. The summed E-state index contributed by atoms with van der Waals surface area (Å²) < 4.78 is 6.05. The SMILES string of the molecule is CCNC(=NCC1(O)CCSC1)N1CC2C3CCC(O3)C2C1. The maximum absolute atomic E-state index is 10.5. The summed E-state index contributed by atoms with van der Waals surface area (Å²) in [5.74, 6) is 4.23. The maximum Gasteiger partial charge on any atom is 0.194 e. The molecule has 6 heteroatoms. The molecule has 4 fully saturated rings. The van der Waals surface area contributed by atoms with Crippen LogP contribution in [0, 0.1) is 11.8 Å². The number of hydrogen-bond donors (Lipinski definition) is 2. The summed E-state index contributed by atoms with van der Waals surface area (Å²) in [5.41, 5.74) is -0.594. The monoisotopic (exact) mass is 325 g/mol. The van der Waals surface area contributed by atoms with Crippen LogP contribution in [-0.4, -0.2) is 71.5 Å². The van der Waals surface area contributed by atoms with E-state index in [1.807, 2.05) is 11.8 Å². The third kappa shape index (κ3) is 2.63. The first-order valence-corrected chi connectivity index (χ1v) is 9.83. The summed E-state index contributed by atoms with van der Waals surface area (Å²) in [6.45, 7) is 5.63. The second-order valence-electron chi connectivity index (χ2n) is 7.22. The van der Waals surface area contributed by atoms with E-state index in [4.69, 9.17) is 9.73 Å². The molecule has 2 N–H and O–H groups in total. The van der Waals surface area contributed by atoms with Gasteiger partial charge in [0, 0.05) is 37.2 Å². The van der Waals surface area contributed by atoms with Gasteiger partial charge in [-0.15, -0.1) is 0 Å². The summed E-state index contributed by atoms with van der Waals surface area (Å²) in [4.78, 5) is 7.18. The average Bonchev–Trinajstić information content (AvgIpc) is 3.24. The fourth-order valence-corrected chi connectivity index (χ4v) is 5.79. The molecule has 0 aromatic carbocycles. The van der Waals surface area contributed by atoms with Crippen LogP contribution in [-0.2, 0) is 4.74 Å².